The second kappa shape index (κ2) is 8.93. The molecule has 3 atom stereocenters. The van der Waals surface area contributed by atoms with Crippen molar-refractivity contribution in [1.82, 2.24) is 10.2 Å². The normalized spacial score (nSPS) is 28.3. The van der Waals surface area contributed by atoms with E-state index in [4.69, 9.17) is 5.11 Å². The van der Waals surface area contributed by atoms with Crippen LogP contribution in [0.1, 0.15) is 46.5 Å². The third kappa shape index (κ3) is 5.41. The minimum absolute atomic E-state index is 0.311. The summed E-state index contributed by atoms with van der Waals surface area (Å²) in [7, 11) is 2.11. The highest BCUT2D eigenvalue weighted by molar-refractivity contribution is 4.86. The molecule has 0 saturated heterocycles. The Morgan fingerprint density at radius 2 is 2.05 bits per heavy atom. The molecule has 1 fully saturated rings. The van der Waals surface area contributed by atoms with Crippen LogP contribution < -0.4 is 5.32 Å². The number of hydrogen-bond acceptors (Lipinski definition) is 3. The first-order valence-corrected chi connectivity index (χ1v) is 8.12. The van der Waals surface area contributed by atoms with Crippen LogP contribution in [0.25, 0.3) is 0 Å². The molecule has 0 bridgehead atoms. The summed E-state index contributed by atoms with van der Waals surface area (Å²) >= 11 is 0. The Labute approximate surface area is 119 Å². The summed E-state index contributed by atoms with van der Waals surface area (Å²) in [5.74, 6) is 2.48. The fourth-order valence-electron chi connectivity index (χ4n) is 3.49. The van der Waals surface area contributed by atoms with E-state index >= 15 is 0 Å². The van der Waals surface area contributed by atoms with E-state index in [9.17, 15) is 0 Å². The standard InChI is InChI=1S/C16H34N2O/c1-5-18(9-6-10-19)12-15-11-14(13(2)3)7-8-16(15)17-4/h13-17,19H,5-12H2,1-4H3. The van der Waals surface area contributed by atoms with E-state index in [1.165, 1.54) is 25.8 Å². The van der Waals surface area contributed by atoms with Crippen molar-refractivity contribution in [2.24, 2.45) is 17.8 Å². The molecule has 0 heterocycles. The van der Waals surface area contributed by atoms with Gasteiger partial charge in [-0.25, -0.2) is 0 Å². The van der Waals surface area contributed by atoms with Gasteiger partial charge in [-0.1, -0.05) is 20.8 Å². The molecule has 114 valence electrons. The van der Waals surface area contributed by atoms with Gasteiger partial charge < -0.3 is 15.3 Å². The van der Waals surface area contributed by atoms with Crippen molar-refractivity contribution >= 4 is 0 Å². The maximum absolute atomic E-state index is 8.99. The zero-order valence-electron chi connectivity index (χ0n) is 13.4. The molecule has 3 nitrogen and oxygen atoms in total. The summed E-state index contributed by atoms with van der Waals surface area (Å²) < 4.78 is 0. The van der Waals surface area contributed by atoms with Crippen molar-refractivity contribution in [3.63, 3.8) is 0 Å². The number of nitrogens with zero attached hydrogens (tertiary/aromatic N) is 1. The van der Waals surface area contributed by atoms with Gasteiger partial charge in [0.15, 0.2) is 0 Å². The molecule has 0 aromatic carbocycles. The first-order valence-electron chi connectivity index (χ1n) is 8.12. The zero-order chi connectivity index (χ0) is 14.3. The lowest BCUT2D eigenvalue weighted by Gasteiger charge is -2.40. The van der Waals surface area contributed by atoms with Crippen LogP contribution in [-0.2, 0) is 0 Å². The van der Waals surface area contributed by atoms with E-state index in [2.05, 4.69) is 38.0 Å². The molecule has 0 aromatic rings. The van der Waals surface area contributed by atoms with Gasteiger partial charge in [0.2, 0.25) is 0 Å². The number of aliphatic hydroxyl groups is 1. The van der Waals surface area contributed by atoms with Gasteiger partial charge in [-0.05, 0) is 57.0 Å². The smallest absolute Gasteiger partial charge is 0.0443 e. The molecule has 1 aliphatic carbocycles. The number of aliphatic hydroxyl groups excluding tert-OH is 1. The molecule has 19 heavy (non-hydrogen) atoms. The van der Waals surface area contributed by atoms with Gasteiger partial charge in [0, 0.05) is 25.7 Å². The van der Waals surface area contributed by atoms with E-state index in [0.29, 0.717) is 12.6 Å². The predicted octanol–water partition coefficient (Wildman–Crippen LogP) is 2.35. The SMILES string of the molecule is CCN(CCCO)CC1CC(C(C)C)CCC1NC. The monoisotopic (exact) mass is 270 g/mol. The van der Waals surface area contributed by atoms with Crippen molar-refractivity contribution in [2.75, 3.05) is 33.3 Å². The highest BCUT2D eigenvalue weighted by Gasteiger charge is 2.31. The summed E-state index contributed by atoms with van der Waals surface area (Å²) in [6.07, 6.45) is 4.96. The summed E-state index contributed by atoms with van der Waals surface area (Å²) in [6.45, 7) is 10.6. The second-order valence-electron chi connectivity index (χ2n) is 6.44. The highest BCUT2D eigenvalue weighted by atomic mass is 16.3. The molecule has 0 radical (unpaired) electrons. The van der Waals surface area contributed by atoms with Crippen molar-refractivity contribution < 1.29 is 5.11 Å². The Balaban J connectivity index is 2.53. The van der Waals surface area contributed by atoms with E-state index in [1.54, 1.807) is 0 Å². The quantitative estimate of drug-likeness (QED) is 0.711. The highest BCUT2D eigenvalue weighted by Crippen LogP contribution is 2.34. The van der Waals surface area contributed by atoms with Gasteiger partial charge in [-0.3, -0.25) is 0 Å². The van der Waals surface area contributed by atoms with Crippen LogP contribution in [-0.4, -0.2) is 49.3 Å². The Bertz CT molecular complexity index is 233. The van der Waals surface area contributed by atoms with E-state index in [1.807, 2.05) is 0 Å². The van der Waals surface area contributed by atoms with Crippen LogP contribution in [0.15, 0.2) is 0 Å². The van der Waals surface area contributed by atoms with Crippen LogP contribution in [0.2, 0.25) is 0 Å². The van der Waals surface area contributed by atoms with Crippen LogP contribution >= 0.6 is 0 Å². The largest absolute Gasteiger partial charge is 0.396 e. The maximum Gasteiger partial charge on any atom is 0.0443 e. The first-order chi connectivity index (χ1) is 9.12. The van der Waals surface area contributed by atoms with Crippen LogP contribution in [0.3, 0.4) is 0 Å². The number of hydrogen-bond donors (Lipinski definition) is 2. The molecule has 0 amide bonds. The third-order valence-electron chi connectivity index (χ3n) is 4.91. The molecule has 2 N–H and O–H groups in total. The summed E-state index contributed by atoms with van der Waals surface area (Å²) in [6, 6.07) is 0.679. The number of nitrogens with one attached hydrogen (secondary N) is 1. The third-order valence-corrected chi connectivity index (χ3v) is 4.91. The van der Waals surface area contributed by atoms with Gasteiger partial charge in [0.05, 0.1) is 0 Å². The van der Waals surface area contributed by atoms with Gasteiger partial charge in [-0.15, -0.1) is 0 Å². The zero-order valence-corrected chi connectivity index (χ0v) is 13.4. The minimum atomic E-state index is 0.311. The molecule has 1 rings (SSSR count). The van der Waals surface area contributed by atoms with Crippen LogP contribution in [0, 0.1) is 17.8 Å². The summed E-state index contributed by atoms with van der Waals surface area (Å²) in [5, 5.41) is 12.5. The molecule has 0 spiro atoms. The molecule has 1 saturated carbocycles. The van der Waals surface area contributed by atoms with Crippen molar-refractivity contribution in [1.29, 1.82) is 0 Å². The van der Waals surface area contributed by atoms with E-state index in [0.717, 1.165) is 37.3 Å². The topological polar surface area (TPSA) is 35.5 Å². The fourth-order valence-corrected chi connectivity index (χ4v) is 3.49. The molecular formula is C16H34N2O. The van der Waals surface area contributed by atoms with Crippen LogP contribution in [0.4, 0.5) is 0 Å². The van der Waals surface area contributed by atoms with E-state index in [-0.39, 0.29) is 0 Å². The number of rotatable bonds is 8. The average molecular weight is 270 g/mol. The Hall–Kier alpha value is -0.120. The Kier molecular flexibility index (Phi) is 7.96. The molecule has 0 aliphatic heterocycles. The Morgan fingerprint density at radius 1 is 1.32 bits per heavy atom. The average Bonchev–Trinajstić information content (AvgIpc) is 2.43. The minimum Gasteiger partial charge on any atom is -0.396 e. The molecule has 3 heteroatoms. The van der Waals surface area contributed by atoms with Crippen molar-refractivity contribution in [3.8, 4) is 0 Å². The molecular weight excluding hydrogens is 236 g/mol. The Morgan fingerprint density at radius 3 is 2.58 bits per heavy atom. The lowest BCUT2D eigenvalue weighted by Crippen LogP contribution is -2.45. The van der Waals surface area contributed by atoms with Crippen molar-refractivity contribution in [3.05, 3.63) is 0 Å². The van der Waals surface area contributed by atoms with Crippen LogP contribution in [0.5, 0.6) is 0 Å². The van der Waals surface area contributed by atoms with E-state index < -0.39 is 0 Å². The molecule has 3 unspecified atom stereocenters. The summed E-state index contributed by atoms with van der Waals surface area (Å²) in [4.78, 5) is 2.51. The predicted molar refractivity (Wildman–Crippen MR) is 82.3 cm³/mol. The van der Waals surface area contributed by atoms with Crippen molar-refractivity contribution in [2.45, 2.75) is 52.5 Å². The van der Waals surface area contributed by atoms with Gasteiger partial charge >= 0.3 is 0 Å². The van der Waals surface area contributed by atoms with Gasteiger partial charge in [-0.2, -0.15) is 0 Å². The lowest BCUT2D eigenvalue weighted by atomic mass is 9.73. The summed E-state index contributed by atoms with van der Waals surface area (Å²) in [5.41, 5.74) is 0. The lowest BCUT2D eigenvalue weighted by molar-refractivity contribution is 0.122. The first kappa shape index (κ1) is 16.9. The molecule has 0 aromatic heterocycles. The molecule has 1 aliphatic rings. The maximum atomic E-state index is 8.99. The van der Waals surface area contributed by atoms with Gasteiger partial charge in [0.1, 0.15) is 0 Å². The van der Waals surface area contributed by atoms with Gasteiger partial charge in [0.25, 0.3) is 0 Å². The fraction of sp³-hybridized carbons (Fsp3) is 1.00. The second-order valence-corrected chi connectivity index (χ2v) is 6.44.